The van der Waals surface area contributed by atoms with E-state index in [1.807, 2.05) is 43.1 Å². The Bertz CT molecular complexity index is 780. The lowest BCUT2D eigenvalue weighted by Gasteiger charge is -2.22. The van der Waals surface area contributed by atoms with Gasteiger partial charge in [-0.25, -0.2) is 4.98 Å². The maximum absolute atomic E-state index is 10.5. The molecule has 0 aliphatic heterocycles. The summed E-state index contributed by atoms with van der Waals surface area (Å²) in [6, 6.07) is 4.02. The zero-order chi connectivity index (χ0) is 15.7. The third-order valence-corrected chi connectivity index (χ3v) is 4.87. The van der Waals surface area contributed by atoms with Crippen molar-refractivity contribution in [2.45, 2.75) is 26.0 Å². The predicted octanol–water partition coefficient (Wildman–Crippen LogP) is 3.46. The van der Waals surface area contributed by atoms with E-state index in [-0.39, 0.29) is 0 Å². The van der Waals surface area contributed by atoms with Gasteiger partial charge in [-0.15, -0.1) is 0 Å². The van der Waals surface area contributed by atoms with Crippen LogP contribution in [0, 0.1) is 6.92 Å². The van der Waals surface area contributed by atoms with Crippen LogP contribution in [0.5, 0.6) is 0 Å². The number of thiophene rings is 1. The summed E-state index contributed by atoms with van der Waals surface area (Å²) in [5, 5.41) is 17.8. The molecule has 3 heterocycles. The summed E-state index contributed by atoms with van der Waals surface area (Å²) in [7, 11) is 0. The van der Waals surface area contributed by atoms with Gasteiger partial charge in [-0.1, -0.05) is 0 Å². The lowest BCUT2D eigenvalue weighted by molar-refractivity contribution is 0.0570. The molecule has 116 valence electrons. The second-order valence-electron chi connectivity index (χ2n) is 5.67. The van der Waals surface area contributed by atoms with Gasteiger partial charge in [0, 0.05) is 23.8 Å². The van der Waals surface area contributed by atoms with Crippen molar-refractivity contribution in [3.8, 4) is 0 Å². The van der Waals surface area contributed by atoms with Gasteiger partial charge in [-0.05, 0) is 63.8 Å². The van der Waals surface area contributed by atoms with Gasteiger partial charge in [-0.2, -0.15) is 11.3 Å². The van der Waals surface area contributed by atoms with Gasteiger partial charge in [0.05, 0.1) is 17.5 Å². The Morgan fingerprint density at radius 3 is 3.05 bits per heavy atom. The zero-order valence-electron chi connectivity index (χ0n) is 12.5. The fourth-order valence-corrected chi connectivity index (χ4v) is 3.83. The Hall–Kier alpha value is -1.21. The lowest BCUT2D eigenvalue weighted by atomic mass is 9.99. The van der Waals surface area contributed by atoms with Crippen molar-refractivity contribution < 1.29 is 5.11 Å². The van der Waals surface area contributed by atoms with Gasteiger partial charge >= 0.3 is 0 Å². The van der Waals surface area contributed by atoms with E-state index in [4.69, 9.17) is 0 Å². The second-order valence-corrected chi connectivity index (χ2v) is 7.37. The van der Waals surface area contributed by atoms with Crippen LogP contribution in [0.15, 0.2) is 39.8 Å². The molecule has 0 spiro atoms. The molecule has 2 N–H and O–H groups in total. The van der Waals surface area contributed by atoms with Crippen LogP contribution in [0.2, 0.25) is 0 Å². The topological polar surface area (TPSA) is 49.6 Å². The number of nitrogens with one attached hydrogen (secondary N) is 1. The minimum atomic E-state index is -0.864. The number of imidazole rings is 1. The van der Waals surface area contributed by atoms with Crippen LogP contribution >= 0.6 is 27.3 Å². The van der Waals surface area contributed by atoms with Gasteiger partial charge in [0.25, 0.3) is 0 Å². The maximum Gasteiger partial charge on any atom is 0.139 e. The molecule has 0 saturated carbocycles. The van der Waals surface area contributed by atoms with Crippen LogP contribution in [0.3, 0.4) is 0 Å². The summed E-state index contributed by atoms with van der Waals surface area (Å²) in [5.74, 6) is 0. The van der Waals surface area contributed by atoms with E-state index in [2.05, 4.69) is 36.7 Å². The van der Waals surface area contributed by atoms with Crippen molar-refractivity contribution in [3.05, 3.63) is 56.6 Å². The van der Waals surface area contributed by atoms with Crippen molar-refractivity contribution in [2.75, 3.05) is 6.54 Å². The number of hydrogen-bond donors (Lipinski definition) is 2. The molecule has 0 aromatic carbocycles. The normalized spacial score (nSPS) is 14.4. The monoisotopic (exact) mass is 379 g/mol. The molecule has 0 amide bonds. The standard InChI is InChI=1S/C16H18BrN3OS/c1-11-5-13(17)8-20-14(7-19-15(11)20)6-18-10-16(2,21)12-3-4-22-9-12/h3-5,7-9,18,21H,6,10H2,1-2H3. The van der Waals surface area contributed by atoms with E-state index in [0.29, 0.717) is 13.1 Å². The summed E-state index contributed by atoms with van der Waals surface area (Å²) >= 11 is 5.12. The Morgan fingerprint density at radius 2 is 2.32 bits per heavy atom. The zero-order valence-corrected chi connectivity index (χ0v) is 14.9. The summed E-state index contributed by atoms with van der Waals surface area (Å²) in [4.78, 5) is 4.47. The van der Waals surface area contributed by atoms with Crippen LogP contribution in [-0.2, 0) is 12.1 Å². The number of rotatable bonds is 5. The van der Waals surface area contributed by atoms with E-state index < -0.39 is 5.60 Å². The molecule has 0 bridgehead atoms. The molecule has 3 aromatic heterocycles. The van der Waals surface area contributed by atoms with Gasteiger partial charge < -0.3 is 14.8 Å². The predicted molar refractivity (Wildman–Crippen MR) is 93.2 cm³/mol. The molecule has 4 nitrogen and oxygen atoms in total. The van der Waals surface area contributed by atoms with Crippen LogP contribution in [0.1, 0.15) is 23.7 Å². The first-order valence-electron chi connectivity index (χ1n) is 7.05. The Labute approximate surface area is 142 Å². The average molecular weight is 380 g/mol. The summed E-state index contributed by atoms with van der Waals surface area (Å²) in [6.07, 6.45) is 3.89. The van der Waals surface area contributed by atoms with Crippen LogP contribution in [0.25, 0.3) is 5.65 Å². The minimum Gasteiger partial charge on any atom is -0.384 e. The SMILES string of the molecule is Cc1cc(Br)cn2c(CNCC(C)(O)c3ccsc3)cnc12. The molecule has 0 fully saturated rings. The van der Waals surface area contributed by atoms with Crippen molar-refractivity contribution in [3.63, 3.8) is 0 Å². The molecule has 0 aliphatic rings. The fourth-order valence-electron chi connectivity index (χ4n) is 2.50. The first-order chi connectivity index (χ1) is 10.5. The van der Waals surface area contributed by atoms with E-state index >= 15 is 0 Å². The van der Waals surface area contributed by atoms with E-state index in [1.54, 1.807) is 11.3 Å². The number of fused-ring (bicyclic) bond motifs is 1. The summed E-state index contributed by atoms with van der Waals surface area (Å²) in [5.41, 5.74) is 3.24. The van der Waals surface area contributed by atoms with Crippen molar-refractivity contribution in [1.82, 2.24) is 14.7 Å². The van der Waals surface area contributed by atoms with E-state index in [9.17, 15) is 5.11 Å². The molecule has 1 unspecified atom stereocenters. The summed E-state index contributed by atoms with van der Waals surface area (Å²) < 4.78 is 3.10. The molecular formula is C16H18BrN3OS. The van der Waals surface area contributed by atoms with Crippen molar-refractivity contribution in [2.24, 2.45) is 0 Å². The molecule has 1 atom stereocenters. The maximum atomic E-state index is 10.5. The van der Waals surface area contributed by atoms with Crippen LogP contribution in [-0.4, -0.2) is 21.0 Å². The lowest BCUT2D eigenvalue weighted by Crippen LogP contribution is -2.34. The number of aromatic nitrogens is 2. The molecule has 0 radical (unpaired) electrons. The number of nitrogens with zero attached hydrogens (tertiary/aromatic N) is 2. The third-order valence-electron chi connectivity index (χ3n) is 3.75. The van der Waals surface area contributed by atoms with Gasteiger partial charge in [-0.3, -0.25) is 0 Å². The van der Waals surface area contributed by atoms with Crippen LogP contribution < -0.4 is 5.32 Å². The number of aliphatic hydroxyl groups is 1. The molecule has 3 aromatic rings. The first kappa shape index (κ1) is 15.7. The Morgan fingerprint density at radius 1 is 1.50 bits per heavy atom. The largest absolute Gasteiger partial charge is 0.384 e. The molecular weight excluding hydrogens is 362 g/mol. The highest BCUT2D eigenvalue weighted by Gasteiger charge is 2.23. The molecule has 0 saturated heterocycles. The van der Waals surface area contributed by atoms with Crippen LogP contribution in [0.4, 0.5) is 0 Å². The Kier molecular flexibility index (Phi) is 4.36. The highest BCUT2D eigenvalue weighted by molar-refractivity contribution is 9.10. The molecule has 0 aliphatic carbocycles. The molecule has 6 heteroatoms. The highest BCUT2D eigenvalue weighted by Crippen LogP contribution is 2.22. The second kappa shape index (κ2) is 6.12. The molecule has 22 heavy (non-hydrogen) atoms. The van der Waals surface area contributed by atoms with E-state index in [0.717, 1.165) is 26.9 Å². The number of hydrogen-bond acceptors (Lipinski definition) is 4. The highest BCUT2D eigenvalue weighted by atomic mass is 79.9. The van der Waals surface area contributed by atoms with E-state index in [1.165, 1.54) is 0 Å². The third kappa shape index (κ3) is 3.10. The van der Waals surface area contributed by atoms with Gasteiger partial charge in [0.2, 0.25) is 0 Å². The van der Waals surface area contributed by atoms with Gasteiger partial charge in [0.15, 0.2) is 0 Å². The quantitative estimate of drug-likeness (QED) is 0.713. The Balaban J connectivity index is 1.72. The number of aryl methyl sites for hydroxylation is 1. The number of halogens is 1. The first-order valence-corrected chi connectivity index (χ1v) is 8.79. The number of pyridine rings is 1. The smallest absolute Gasteiger partial charge is 0.139 e. The van der Waals surface area contributed by atoms with Gasteiger partial charge in [0.1, 0.15) is 5.65 Å². The van der Waals surface area contributed by atoms with Crippen molar-refractivity contribution in [1.29, 1.82) is 0 Å². The molecule has 3 rings (SSSR count). The summed E-state index contributed by atoms with van der Waals surface area (Å²) in [6.45, 7) is 5.02. The minimum absolute atomic E-state index is 0.490. The van der Waals surface area contributed by atoms with Crippen molar-refractivity contribution >= 4 is 32.9 Å². The average Bonchev–Trinajstić information content (AvgIpc) is 3.08. The fraction of sp³-hybridized carbons (Fsp3) is 0.312.